The van der Waals surface area contributed by atoms with Crippen molar-refractivity contribution in [2.24, 2.45) is 0 Å². The molecule has 0 saturated carbocycles. The second kappa shape index (κ2) is 6.61. The molecule has 0 aliphatic carbocycles. The van der Waals surface area contributed by atoms with Crippen molar-refractivity contribution in [3.63, 3.8) is 0 Å². The summed E-state index contributed by atoms with van der Waals surface area (Å²) < 4.78 is 27.1. The summed E-state index contributed by atoms with van der Waals surface area (Å²) in [7, 11) is -3.50. The van der Waals surface area contributed by atoms with E-state index in [0.717, 1.165) is 5.56 Å². The normalized spacial score (nSPS) is 17.8. The van der Waals surface area contributed by atoms with Crippen LogP contribution in [0.2, 0.25) is 0 Å². The van der Waals surface area contributed by atoms with Crippen LogP contribution in [0, 0.1) is 0 Å². The van der Waals surface area contributed by atoms with E-state index in [-0.39, 0.29) is 11.3 Å². The Balaban J connectivity index is 2.19. The molecular formula is C17H26N2O3S. The van der Waals surface area contributed by atoms with Gasteiger partial charge in [0.05, 0.1) is 4.90 Å². The van der Waals surface area contributed by atoms with E-state index >= 15 is 0 Å². The van der Waals surface area contributed by atoms with Gasteiger partial charge in [-0.05, 0) is 29.5 Å². The van der Waals surface area contributed by atoms with Crippen LogP contribution < -0.4 is 0 Å². The second-order valence-electron chi connectivity index (χ2n) is 7.04. The van der Waals surface area contributed by atoms with Gasteiger partial charge < -0.3 is 4.90 Å². The smallest absolute Gasteiger partial charge is 0.243 e. The minimum Gasteiger partial charge on any atom is -0.342 e. The van der Waals surface area contributed by atoms with Gasteiger partial charge in [0.2, 0.25) is 15.9 Å². The molecule has 0 unspecified atom stereocenters. The Morgan fingerprint density at radius 1 is 1.00 bits per heavy atom. The van der Waals surface area contributed by atoms with E-state index in [1.807, 2.05) is 12.1 Å². The third-order valence-electron chi connectivity index (χ3n) is 4.26. The standard InChI is InChI=1S/C17H26N2O3S/c1-14(20)18-10-5-11-19(13-12-18)23(21,22)16-8-6-15(7-9-16)17(2,3)4/h6-9H,5,10-13H2,1-4H3. The molecule has 0 spiro atoms. The molecule has 0 radical (unpaired) electrons. The molecule has 0 N–H and O–H groups in total. The van der Waals surface area contributed by atoms with Crippen LogP contribution in [-0.4, -0.2) is 49.7 Å². The van der Waals surface area contributed by atoms with E-state index < -0.39 is 10.0 Å². The Bertz CT molecular complexity index is 660. The highest BCUT2D eigenvalue weighted by Crippen LogP contribution is 2.25. The van der Waals surface area contributed by atoms with Crippen molar-refractivity contribution in [1.29, 1.82) is 0 Å². The Morgan fingerprint density at radius 3 is 2.13 bits per heavy atom. The maximum atomic E-state index is 12.8. The van der Waals surface area contributed by atoms with E-state index in [0.29, 0.717) is 37.5 Å². The molecule has 6 heteroatoms. The van der Waals surface area contributed by atoms with Crippen LogP contribution in [0.1, 0.15) is 39.7 Å². The van der Waals surface area contributed by atoms with Gasteiger partial charge in [-0.3, -0.25) is 4.79 Å². The SMILES string of the molecule is CC(=O)N1CCCN(S(=O)(=O)c2ccc(C(C)(C)C)cc2)CC1. The van der Waals surface area contributed by atoms with Crippen molar-refractivity contribution in [2.75, 3.05) is 26.2 Å². The molecule has 0 aromatic heterocycles. The third kappa shape index (κ3) is 4.12. The highest BCUT2D eigenvalue weighted by atomic mass is 32.2. The number of sulfonamides is 1. The van der Waals surface area contributed by atoms with Crippen molar-refractivity contribution >= 4 is 15.9 Å². The number of carbonyl (C=O) groups excluding carboxylic acids is 1. The highest BCUT2D eigenvalue weighted by molar-refractivity contribution is 7.89. The molecule has 1 aromatic rings. The zero-order valence-electron chi connectivity index (χ0n) is 14.4. The molecule has 1 aliphatic rings. The van der Waals surface area contributed by atoms with Gasteiger partial charge in [0.1, 0.15) is 0 Å². The van der Waals surface area contributed by atoms with Gasteiger partial charge in [-0.2, -0.15) is 4.31 Å². The number of amides is 1. The fourth-order valence-corrected chi connectivity index (χ4v) is 4.19. The Labute approximate surface area is 139 Å². The van der Waals surface area contributed by atoms with Gasteiger partial charge in [-0.15, -0.1) is 0 Å². The molecule has 1 heterocycles. The van der Waals surface area contributed by atoms with Crippen molar-refractivity contribution in [2.45, 2.75) is 44.4 Å². The molecule has 0 bridgehead atoms. The van der Waals surface area contributed by atoms with E-state index in [4.69, 9.17) is 0 Å². The molecule has 5 nitrogen and oxygen atoms in total. The average molecular weight is 338 g/mol. The largest absolute Gasteiger partial charge is 0.342 e. The van der Waals surface area contributed by atoms with Crippen molar-refractivity contribution in [3.8, 4) is 0 Å². The summed E-state index contributed by atoms with van der Waals surface area (Å²) in [5.74, 6) is -0.00113. The molecule has 128 valence electrons. The van der Waals surface area contributed by atoms with Crippen LogP contribution in [0.5, 0.6) is 0 Å². The second-order valence-corrected chi connectivity index (χ2v) is 8.98. The molecule has 1 aliphatic heterocycles. The first-order valence-corrected chi connectivity index (χ1v) is 9.42. The minimum atomic E-state index is -3.50. The van der Waals surface area contributed by atoms with Crippen LogP contribution in [0.15, 0.2) is 29.2 Å². The number of hydrogen-bond acceptors (Lipinski definition) is 3. The van der Waals surface area contributed by atoms with Crippen LogP contribution >= 0.6 is 0 Å². The lowest BCUT2D eigenvalue weighted by molar-refractivity contribution is -0.128. The first-order valence-electron chi connectivity index (χ1n) is 7.98. The van der Waals surface area contributed by atoms with E-state index in [9.17, 15) is 13.2 Å². The van der Waals surface area contributed by atoms with E-state index in [2.05, 4.69) is 20.8 Å². The molecule has 1 fully saturated rings. The van der Waals surface area contributed by atoms with Crippen molar-refractivity contribution < 1.29 is 13.2 Å². The molecule has 1 saturated heterocycles. The predicted molar refractivity (Wildman–Crippen MR) is 90.8 cm³/mol. The summed E-state index contributed by atoms with van der Waals surface area (Å²) in [5, 5.41) is 0. The summed E-state index contributed by atoms with van der Waals surface area (Å²) in [6.07, 6.45) is 0.666. The van der Waals surface area contributed by atoms with E-state index in [1.165, 1.54) is 11.2 Å². The third-order valence-corrected chi connectivity index (χ3v) is 6.17. The Hall–Kier alpha value is -1.40. The predicted octanol–water partition coefficient (Wildman–Crippen LogP) is 2.23. The maximum Gasteiger partial charge on any atom is 0.243 e. The maximum absolute atomic E-state index is 12.8. The Morgan fingerprint density at radius 2 is 1.61 bits per heavy atom. The topological polar surface area (TPSA) is 57.7 Å². The molecule has 1 aromatic carbocycles. The summed E-state index contributed by atoms with van der Waals surface area (Å²) in [6.45, 7) is 9.69. The molecular weight excluding hydrogens is 312 g/mol. The van der Waals surface area contributed by atoms with E-state index in [1.54, 1.807) is 17.0 Å². The first kappa shape index (κ1) is 17.9. The lowest BCUT2D eigenvalue weighted by atomic mass is 9.87. The summed E-state index contributed by atoms with van der Waals surface area (Å²) in [4.78, 5) is 13.5. The summed E-state index contributed by atoms with van der Waals surface area (Å²) in [6, 6.07) is 7.13. The van der Waals surface area contributed by atoms with Gasteiger partial charge in [0, 0.05) is 33.1 Å². The van der Waals surface area contributed by atoms with Gasteiger partial charge in [-0.1, -0.05) is 32.9 Å². The van der Waals surface area contributed by atoms with Crippen molar-refractivity contribution in [3.05, 3.63) is 29.8 Å². The highest BCUT2D eigenvalue weighted by Gasteiger charge is 2.27. The van der Waals surface area contributed by atoms with Crippen molar-refractivity contribution in [1.82, 2.24) is 9.21 Å². The number of hydrogen-bond donors (Lipinski definition) is 0. The molecule has 2 rings (SSSR count). The van der Waals surface area contributed by atoms with Crippen LogP contribution in [0.4, 0.5) is 0 Å². The lowest BCUT2D eigenvalue weighted by Crippen LogP contribution is -2.36. The summed E-state index contributed by atoms with van der Waals surface area (Å²) >= 11 is 0. The average Bonchev–Trinajstić information content (AvgIpc) is 2.73. The number of nitrogens with zero attached hydrogens (tertiary/aromatic N) is 2. The summed E-state index contributed by atoms with van der Waals surface area (Å²) in [5.41, 5.74) is 1.10. The minimum absolute atomic E-state index is 0.00113. The zero-order valence-corrected chi connectivity index (χ0v) is 15.2. The Kier molecular flexibility index (Phi) is 5.16. The molecule has 23 heavy (non-hydrogen) atoms. The van der Waals surface area contributed by atoms with Gasteiger partial charge in [-0.25, -0.2) is 8.42 Å². The zero-order chi connectivity index (χ0) is 17.3. The van der Waals surface area contributed by atoms with Crippen LogP contribution in [0.3, 0.4) is 0 Å². The fraction of sp³-hybridized carbons (Fsp3) is 0.588. The number of rotatable bonds is 2. The van der Waals surface area contributed by atoms with Crippen LogP contribution in [0.25, 0.3) is 0 Å². The fourth-order valence-electron chi connectivity index (χ4n) is 2.73. The van der Waals surface area contributed by atoms with Crippen LogP contribution in [-0.2, 0) is 20.2 Å². The lowest BCUT2D eigenvalue weighted by Gasteiger charge is -2.22. The quantitative estimate of drug-likeness (QED) is 0.831. The van der Waals surface area contributed by atoms with Gasteiger partial charge >= 0.3 is 0 Å². The van der Waals surface area contributed by atoms with Gasteiger partial charge in [0.15, 0.2) is 0 Å². The molecule has 1 amide bonds. The monoisotopic (exact) mass is 338 g/mol. The first-order chi connectivity index (χ1) is 10.6. The van der Waals surface area contributed by atoms with Gasteiger partial charge in [0.25, 0.3) is 0 Å². The molecule has 0 atom stereocenters. The number of carbonyl (C=O) groups is 1. The number of benzene rings is 1.